The highest BCUT2D eigenvalue weighted by molar-refractivity contribution is 5.75. The molecule has 1 N–H and O–H groups in total. The van der Waals surface area contributed by atoms with Gasteiger partial charge < -0.3 is 5.11 Å². The number of rotatable bonds is 2. The zero-order chi connectivity index (χ0) is 16.2. The molecular formula is C20H27FO2. The summed E-state index contributed by atoms with van der Waals surface area (Å²) in [5, 5.41) is 9.27. The van der Waals surface area contributed by atoms with Crippen LogP contribution >= 0.6 is 0 Å². The van der Waals surface area contributed by atoms with E-state index < -0.39 is 17.6 Å². The molecule has 0 amide bonds. The van der Waals surface area contributed by atoms with Crippen LogP contribution in [-0.2, 0) is 4.79 Å². The van der Waals surface area contributed by atoms with Crippen LogP contribution in [0.5, 0.6) is 0 Å². The minimum atomic E-state index is -1.80. The van der Waals surface area contributed by atoms with Crippen molar-refractivity contribution < 1.29 is 14.3 Å². The third-order valence-electron chi connectivity index (χ3n) is 7.75. The summed E-state index contributed by atoms with van der Waals surface area (Å²) in [4.78, 5) is 11.4. The second-order valence-corrected chi connectivity index (χ2v) is 8.50. The molecule has 126 valence electrons. The Bertz CT molecular complexity index is 580. The van der Waals surface area contributed by atoms with Crippen molar-refractivity contribution in [2.75, 3.05) is 0 Å². The summed E-state index contributed by atoms with van der Waals surface area (Å²) in [6.07, 6.45) is 13.3. The van der Waals surface area contributed by atoms with Crippen LogP contribution in [0, 0.1) is 28.6 Å². The molecule has 4 aliphatic carbocycles. The third-order valence-corrected chi connectivity index (χ3v) is 7.75. The highest BCUT2D eigenvalue weighted by atomic mass is 19.1. The maximum absolute atomic E-state index is 14.7. The van der Waals surface area contributed by atoms with Gasteiger partial charge in [0.25, 0.3) is 0 Å². The van der Waals surface area contributed by atoms with Gasteiger partial charge in [0.15, 0.2) is 0 Å². The van der Waals surface area contributed by atoms with Crippen molar-refractivity contribution in [2.24, 2.45) is 28.6 Å². The van der Waals surface area contributed by atoms with Gasteiger partial charge in [-0.3, -0.25) is 0 Å². The van der Waals surface area contributed by atoms with Gasteiger partial charge in [0.1, 0.15) is 0 Å². The van der Waals surface area contributed by atoms with Gasteiger partial charge in [-0.2, -0.15) is 0 Å². The summed E-state index contributed by atoms with van der Waals surface area (Å²) in [5.41, 5.74) is 0.616. The van der Waals surface area contributed by atoms with Crippen molar-refractivity contribution in [1.82, 2.24) is 0 Å². The lowest BCUT2D eigenvalue weighted by molar-refractivity contribution is -0.147. The van der Waals surface area contributed by atoms with E-state index in [1.807, 2.05) is 18.2 Å². The Balaban J connectivity index is 1.68. The molecule has 2 nitrogen and oxygen atoms in total. The lowest BCUT2D eigenvalue weighted by Crippen LogP contribution is -2.52. The molecule has 3 fully saturated rings. The summed E-state index contributed by atoms with van der Waals surface area (Å²) in [7, 11) is 0. The van der Waals surface area contributed by atoms with Gasteiger partial charge in [-0.15, -0.1) is 0 Å². The topological polar surface area (TPSA) is 37.3 Å². The van der Waals surface area contributed by atoms with E-state index in [4.69, 9.17) is 0 Å². The number of hydrogen-bond donors (Lipinski definition) is 1. The van der Waals surface area contributed by atoms with Gasteiger partial charge in [-0.05, 0) is 61.7 Å². The van der Waals surface area contributed by atoms with E-state index in [-0.39, 0.29) is 0 Å². The van der Waals surface area contributed by atoms with Crippen LogP contribution < -0.4 is 0 Å². The first-order valence-electron chi connectivity index (χ1n) is 9.26. The summed E-state index contributed by atoms with van der Waals surface area (Å²) >= 11 is 0. The summed E-state index contributed by atoms with van der Waals surface area (Å²) in [6.45, 7) is 2.47. The summed E-state index contributed by atoms with van der Waals surface area (Å²) in [6, 6.07) is 0. The first-order valence-corrected chi connectivity index (χ1v) is 9.26. The molecule has 6 atom stereocenters. The van der Waals surface area contributed by atoms with Crippen LogP contribution in [0.4, 0.5) is 4.39 Å². The number of hydrogen-bond acceptors (Lipinski definition) is 1. The van der Waals surface area contributed by atoms with E-state index in [1.165, 1.54) is 32.1 Å². The Hall–Kier alpha value is -1.12. The molecule has 4 aliphatic rings. The van der Waals surface area contributed by atoms with Crippen LogP contribution in [0.2, 0.25) is 0 Å². The molecule has 23 heavy (non-hydrogen) atoms. The Morgan fingerprint density at radius 1 is 1.26 bits per heavy atom. The highest BCUT2D eigenvalue weighted by Gasteiger charge is 2.58. The fourth-order valence-corrected chi connectivity index (χ4v) is 6.58. The fourth-order valence-electron chi connectivity index (χ4n) is 6.58. The van der Waals surface area contributed by atoms with Crippen LogP contribution in [-0.4, -0.2) is 17.2 Å². The molecule has 0 aromatic heterocycles. The number of carboxylic acid groups (broad SMARTS) is 1. The smallest absolute Gasteiger partial charge is 0.339 e. The van der Waals surface area contributed by atoms with Gasteiger partial charge in [0, 0.05) is 0 Å². The first kappa shape index (κ1) is 15.4. The van der Waals surface area contributed by atoms with Gasteiger partial charge in [-0.25, -0.2) is 9.18 Å². The van der Waals surface area contributed by atoms with Crippen molar-refractivity contribution in [3.8, 4) is 0 Å². The monoisotopic (exact) mass is 318 g/mol. The van der Waals surface area contributed by atoms with Gasteiger partial charge >= 0.3 is 5.97 Å². The molecule has 0 bridgehead atoms. The van der Waals surface area contributed by atoms with Crippen LogP contribution in [0.25, 0.3) is 0 Å². The standard InChI is InChI=1S/C20H27FO2/c1-19-10-3-2-5-13(19)7-8-14-15(19)9-12-20(17(21)18(22)23)11-4-6-16(14)20/h4,6,11,13-15,17H,2-3,5,7-10,12H2,1H3,(H,22,23)/t13?,14-,15+,17?,19+,20-/m1/s1. The van der Waals surface area contributed by atoms with E-state index in [1.54, 1.807) is 0 Å². The van der Waals surface area contributed by atoms with Gasteiger partial charge in [0.05, 0.1) is 5.41 Å². The number of alkyl halides is 1. The van der Waals surface area contributed by atoms with Crippen molar-refractivity contribution >= 4 is 5.97 Å². The molecule has 0 aromatic rings. The molecule has 3 heteroatoms. The lowest BCUT2D eigenvalue weighted by Gasteiger charge is -2.58. The SMILES string of the molecule is C[C@]12CCCCC1CC[C@H]1C3=CC=C[C@@]3(C(F)C(=O)O)CC[C@@H]12. The molecule has 4 rings (SSSR count). The number of fused-ring (bicyclic) bond motifs is 5. The molecule has 0 aliphatic heterocycles. The normalized spacial score (nSPS) is 46.3. The van der Waals surface area contributed by atoms with E-state index in [0.29, 0.717) is 23.7 Å². The average Bonchev–Trinajstić information content (AvgIpc) is 2.98. The number of halogens is 1. The van der Waals surface area contributed by atoms with Crippen molar-refractivity contribution in [3.63, 3.8) is 0 Å². The second-order valence-electron chi connectivity index (χ2n) is 8.50. The Kier molecular flexibility index (Phi) is 3.48. The average molecular weight is 318 g/mol. The number of carboxylic acids is 1. The zero-order valence-electron chi connectivity index (χ0n) is 13.9. The maximum atomic E-state index is 14.7. The molecule has 0 radical (unpaired) electrons. The van der Waals surface area contributed by atoms with Crippen LogP contribution in [0.15, 0.2) is 23.8 Å². The van der Waals surface area contributed by atoms with Crippen molar-refractivity contribution in [1.29, 1.82) is 0 Å². The first-order chi connectivity index (χ1) is 11.0. The molecule has 0 saturated heterocycles. The zero-order valence-corrected chi connectivity index (χ0v) is 13.9. The number of carbonyl (C=O) groups is 1. The largest absolute Gasteiger partial charge is 0.479 e. The number of allylic oxidation sites excluding steroid dienone is 4. The highest BCUT2D eigenvalue weighted by Crippen LogP contribution is 2.64. The molecule has 0 aromatic carbocycles. The quantitative estimate of drug-likeness (QED) is 0.785. The Labute approximate surface area is 137 Å². The van der Waals surface area contributed by atoms with Crippen LogP contribution in [0.1, 0.15) is 58.3 Å². The van der Waals surface area contributed by atoms with E-state index >= 15 is 0 Å². The minimum absolute atomic E-state index is 0.381. The minimum Gasteiger partial charge on any atom is -0.479 e. The molecule has 2 unspecified atom stereocenters. The van der Waals surface area contributed by atoms with Gasteiger partial charge in [-0.1, -0.05) is 43.6 Å². The Morgan fingerprint density at radius 2 is 2.09 bits per heavy atom. The van der Waals surface area contributed by atoms with E-state index in [2.05, 4.69) is 6.92 Å². The van der Waals surface area contributed by atoms with E-state index in [9.17, 15) is 14.3 Å². The summed E-state index contributed by atoms with van der Waals surface area (Å²) < 4.78 is 14.7. The van der Waals surface area contributed by atoms with Crippen LogP contribution in [0.3, 0.4) is 0 Å². The maximum Gasteiger partial charge on any atom is 0.339 e. The van der Waals surface area contributed by atoms with Gasteiger partial charge in [0.2, 0.25) is 6.17 Å². The summed E-state index contributed by atoms with van der Waals surface area (Å²) in [5.74, 6) is 0.511. The fraction of sp³-hybridized carbons (Fsp3) is 0.750. The molecule has 0 spiro atoms. The second kappa shape index (κ2) is 5.19. The van der Waals surface area contributed by atoms with Crippen molar-refractivity contribution in [3.05, 3.63) is 23.8 Å². The predicted octanol–water partition coefficient (Wildman–Crippen LogP) is 4.91. The third kappa shape index (κ3) is 2.01. The molecule has 0 heterocycles. The lowest BCUT2D eigenvalue weighted by atomic mass is 9.46. The molecular weight excluding hydrogens is 291 g/mol. The number of aliphatic carboxylic acids is 1. The van der Waals surface area contributed by atoms with Crippen molar-refractivity contribution in [2.45, 2.75) is 64.5 Å². The predicted molar refractivity (Wildman–Crippen MR) is 87.7 cm³/mol. The van der Waals surface area contributed by atoms with E-state index in [0.717, 1.165) is 24.3 Å². The Morgan fingerprint density at radius 3 is 2.87 bits per heavy atom. The molecule has 3 saturated carbocycles.